The molecular weight excluding hydrogens is 358 g/mol. The Kier molecular flexibility index (Phi) is 7.87. The summed E-state index contributed by atoms with van der Waals surface area (Å²) >= 11 is 0. The highest BCUT2D eigenvalue weighted by Gasteiger charge is 2.05. The summed E-state index contributed by atoms with van der Waals surface area (Å²) < 4.78 is 2.21. The molecule has 0 atom stereocenters. The maximum Gasteiger partial charge on any atom is 0.191 e. The summed E-state index contributed by atoms with van der Waals surface area (Å²) in [6.45, 7) is 7.42. The summed E-state index contributed by atoms with van der Waals surface area (Å²) in [6, 6.07) is 19.0. The van der Waals surface area contributed by atoms with Crippen LogP contribution in [0.4, 0.5) is 0 Å². The molecule has 3 rings (SSSR count). The van der Waals surface area contributed by atoms with Crippen LogP contribution in [0.25, 0.3) is 0 Å². The number of nitrogens with zero attached hydrogens (tertiary/aromatic N) is 3. The van der Waals surface area contributed by atoms with Crippen LogP contribution in [0.1, 0.15) is 36.4 Å². The largest absolute Gasteiger partial charge is 0.357 e. The van der Waals surface area contributed by atoms with Gasteiger partial charge in [-0.05, 0) is 30.0 Å². The first-order valence-electron chi connectivity index (χ1n) is 10.4. The third-order valence-corrected chi connectivity index (χ3v) is 4.89. The molecule has 5 heteroatoms. The fraction of sp³-hybridized carbons (Fsp3) is 0.333. The van der Waals surface area contributed by atoms with Gasteiger partial charge in [-0.1, -0.05) is 61.5 Å². The molecule has 0 bridgehead atoms. The normalized spacial score (nSPS) is 11.4. The summed E-state index contributed by atoms with van der Waals surface area (Å²) in [5.41, 5.74) is 3.92. The monoisotopic (exact) mass is 389 g/mol. The molecule has 0 aliphatic carbocycles. The van der Waals surface area contributed by atoms with Crippen LogP contribution in [-0.2, 0) is 25.9 Å². The molecule has 29 heavy (non-hydrogen) atoms. The highest BCUT2D eigenvalue weighted by Crippen LogP contribution is 2.10. The van der Waals surface area contributed by atoms with Crippen LogP contribution in [0.15, 0.2) is 72.0 Å². The molecule has 0 fully saturated rings. The van der Waals surface area contributed by atoms with Crippen molar-refractivity contribution in [3.63, 3.8) is 0 Å². The number of benzene rings is 2. The number of aliphatic imine (C=N–C) groups is 1. The number of hydrogen-bond donors (Lipinski definition) is 2. The molecule has 2 N–H and O–H groups in total. The lowest BCUT2D eigenvalue weighted by Gasteiger charge is -2.13. The lowest BCUT2D eigenvalue weighted by atomic mass is 10.1. The number of aromatic nitrogens is 2. The van der Waals surface area contributed by atoms with Crippen molar-refractivity contribution < 1.29 is 0 Å². The van der Waals surface area contributed by atoms with Crippen LogP contribution < -0.4 is 10.6 Å². The Hall–Kier alpha value is -3.08. The molecule has 2 aromatic carbocycles. The first-order valence-corrected chi connectivity index (χ1v) is 10.4. The predicted molar refractivity (Wildman–Crippen MR) is 120 cm³/mol. The molecule has 0 unspecified atom stereocenters. The van der Waals surface area contributed by atoms with Crippen LogP contribution in [0.2, 0.25) is 0 Å². The summed E-state index contributed by atoms with van der Waals surface area (Å²) in [4.78, 5) is 9.30. The summed E-state index contributed by atoms with van der Waals surface area (Å²) in [6.07, 6.45) is 5.79. The summed E-state index contributed by atoms with van der Waals surface area (Å²) in [5, 5.41) is 6.78. The first kappa shape index (κ1) is 20.6. The Morgan fingerprint density at radius 3 is 2.48 bits per heavy atom. The second-order valence-electron chi connectivity index (χ2n) is 6.95. The molecule has 0 aliphatic rings. The SMILES string of the molecule is CCNC(=NCc1ccccc1CC)NCCc1nccn1Cc1ccccc1. The van der Waals surface area contributed by atoms with Gasteiger partial charge in [0.15, 0.2) is 5.96 Å². The molecule has 0 spiro atoms. The highest BCUT2D eigenvalue weighted by atomic mass is 15.2. The molecule has 0 aliphatic heterocycles. The van der Waals surface area contributed by atoms with Crippen molar-refractivity contribution in [1.82, 2.24) is 20.2 Å². The van der Waals surface area contributed by atoms with E-state index in [9.17, 15) is 0 Å². The maximum atomic E-state index is 4.77. The van der Waals surface area contributed by atoms with Crippen molar-refractivity contribution in [1.29, 1.82) is 0 Å². The van der Waals surface area contributed by atoms with Gasteiger partial charge in [-0.25, -0.2) is 9.98 Å². The lowest BCUT2D eigenvalue weighted by Crippen LogP contribution is -2.38. The summed E-state index contributed by atoms with van der Waals surface area (Å²) in [7, 11) is 0. The Balaban J connectivity index is 1.57. The van der Waals surface area contributed by atoms with Crippen molar-refractivity contribution >= 4 is 5.96 Å². The molecule has 5 nitrogen and oxygen atoms in total. The zero-order valence-corrected chi connectivity index (χ0v) is 17.4. The third-order valence-electron chi connectivity index (χ3n) is 4.89. The number of nitrogens with one attached hydrogen (secondary N) is 2. The van der Waals surface area contributed by atoms with Crippen molar-refractivity contribution in [2.45, 2.75) is 39.8 Å². The second kappa shape index (κ2) is 11.1. The van der Waals surface area contributed by atoms with E-state index in [1.807, 2.05) is 18.5 Å². The molecular formula is C24H31N5. The van der Waals surface area contributed by atoms with Crippen molar-refractivity contribution in [2.24, 2.45) is 4.99 Å². The second-order valence-corrected chi connectivity index (χ2v) is 6.95. The van der Waals surface area contributed by atoms with Crippen LogP contribution >= 0.6 is 0 Å². The number of hydrogen-bond acceptors (Lipinski definition) is 2. The van der Waals surface area contributed by atoms with Crippen molar-refractivity contribution in [3.8, 4) is 0 Å². The Morgan fingerprint density at radius 2 is 1.72 bits per heavy atom. The zero-order valence-electron chi connectivity index (χ0n) is 17.4. The van der Waals surface area contributed by atoms with E-state index in [-0.39, 0.29) is 0 Å². The van der Waals surface area contributed by atoms with Gasteiger partial charge in [-0.15, -0.1) is 0 Å². The predicted octanol–water partition coefficient (Wildman–Crippen LogP) is 3.79. The fourth-order valence-corrected chi connectivity index (χ4v) is 3.35. The first-order chi connectivity index (χ1) is 14.3. The molecule has 0 amide bonds. The van der Waals surface area contributed by atoms with Gasteiger partial charge in [0.1, 0.15) is 5.82 Å². The Labute approximate surface area is 173 Å². The number of aryl methyl sites for hydroxylation is 1. The van der Waals surface area contributed by atoms with E-state index in [2.05, 4.69) is 82.6 Å². The molecule has 1 heterocycles. The highest BCUT2D eigenvalue weighted by molar-refractivity contribution is 5.79. The van der Waals surface area contributed by atoms with Gasteiger partial charge >= 0.3 is 0 Å². The minimum Gasteiger partial charge on any atom is -0.357 e. The van der Waals surface area contributed by atoms with Crippen LogP contribution in [0, 0.1) is 0 Å². The molecule has 0 radical (unpaired) electrons. The van der Waals surface area contributed by atoms with Crippen LogP contribution in [0.5, 0.6) is 0 Å². The number of imidazole rings is 1. The molecule has 0 saturated carbocycles. The quantitative estimate of drug-likeness (QED) is 0.432. The topological polar surface area (TPSA) is 54.2 Å². The van der Waals surface area contributed by atoms with Gasteiger partial charge < -0.3 is 15.2 Å². The van der Waals surface area contributed by atoms with Gasteiger partial charge in [0.05, 0.1) is 6.54 Å². The van der Waals surface area contributed by atoms with E-state index < -0.39 is 0 Å². The summed E-state index contributed by atoms with van der Waals surface area (Å²) in [5.74, 6) is 1.92. The number of rotatable bonds is 9. The van der Waals surface area contributed by atoms with Crippen molar-refractivity contribution in [2.75, 3.05) is 13.1 Å². The van der Waals surface area contributed by atoms with Gasteiger partial charge in [-0.3, -0.25) is 0 Å². The molecule has 152 valence electrons. The minimum absolute atomic E-state index is 0.683. The lowest BCUT2D eigenvalue weighted by molar-refractivity contribution is 0.694. The smallest absolute Gasteiger partial charge is 0.191 e. The van der Waals surface area contributed by atoms with E-state index in [1.54, 1.807) is 0 Å². The van der Waals surface area contributed by atoms with E-state index in [4.69, 9.17) is 4.99 Å². The van der Waals surface area contributed by atoms with Gasteiger partial charge in [-0.2, -0.15) is 0 Å². The molecule has 3 aromatic rings. The van der Waals surface area contributed by atoms with Gasteiger partial charge in [0.2, 0.25) is 0 Å². The van der Waals surface area contributed by atoms with E-state index in [0.29, 0.717) is 6.54 Å². The van der Waals surface area contributed by atoms with Crippen LogP contribution in [0.3, 0.4) is 0 Å². The Bertz CT molecular complexity index is 898. The van der Waals surface area contributed by atoms with E-state index >= 15 is 0 Å². The van der Waals surface area contributed by atoms with E-state index in [1.165, 1.54) is 16.7 Å². The molecule has 0 saturated heterocycles. The standard InChI is InChI=1S/C24H31N5/c1-3-21-12-8-9-13-22(21)18-28-24(25-4-2)27-15-14-23-26-16-17-29(23)19-20-10-6-5-7-11-20/h5-13,16-17H,3-4,14-15,18-19H2,1-2H3,(H2,25,27,28). The van der Waals surface area contributed by atoms with E-state index in [0.717, 1.165) is 44.3 Å². The molecule has 1 aromatic heterocycles. The number of guanidine groups is 1. The maximum absolute atomic E-state index is 4.77. The average molecular weight is 390 g/mol. The fourth-order valence-electron chi connectivity index (χ4n) is 3.35. The van der Waals surface area contributed by atoms with Crippen molar-refractivity contribution in [3.05, 3.63) is 89.5 Å². The van der Waals surface area contributed by atoms with Gasteiger partial charge in [0.25, 0.3) is 0 Å². The Morgan fingerprint density at radius 1 is 0.966 bits per heavy atom. The van der Waals surface area contributed by atoms with Crippen LogP contribution in [-0.4, -0.2) is 28.6 Å². The minimum atomic E-state index is 0.683. The van der Waals surface area contributed by atoms with Gasteiger partial charge in [0, 0.05) is 38.4 Å². The third kappa shape index (κ3) is 6.21. The zero-order chi connectivity index (χ0) is 20.3. The average Bonchev–Trinajstić information content (AvgIpc) is 3.19.